The van der Waals surface area contributed by atoms with Gasteiger partial charge in [-0.15, -0.1) is 0 Å². The van der Waals surface area contributed by atoms with E-state index < -0.39 is 30.4 Å². The Morgan fingerprint density at radius 1 is 0.968 bits per heavy atom. The molecule has 6 rings (SSSR count). The first-order chi connectivity index (χ1) is 30.2. The molecule has 0 spiro atoms. The molecule has 0 saturated carbocycles. The molecule has 12 heteroatoms. The molecule has 63 heavy (non-hydrogen) atoms. The number of rotatable bonds is 19. The van der Waals surface area contributed by atoms with Gasteiger partial charge in [0.05, 0.1) is 11.0 Å². The van der Waals surface area contributed by atoms with Gasteiger partial charge < -0.3 is 39.8 Å². The van der Waals surface area contributed by atoms with E-state index in [1.807, 2.05) is 32.9 Å². The van der Waals surface area contributed by atoms with Crippen molar-refractivity contribution in [3.63, 3.8) is 0 Å². The third kappa shape index (κ3) is 9.51. The molecule has 1 aliphatic carbocycles. The summed E-state index contributed by atoms with van der Waals surface area (Å²) in [7, 11) is 0. The first-order valence-corrected chi connectivity index (χ1v) is 22.7. The van der Waals surface area contributed by atoms with Gasteiger partial charge in [0.25, 0.3) is 0 Å². The Kier molecular flexibility index (Phi) is 15.1. The minimum Gasteiger partial charge on any atom is -0.805 e. The van der Waals surface area contributed by atoms with E-state index >= 15 is 0 Å². The zero-order chi connectivity index (χ0) is 45.7. The maximum Gasteiger partial charge on any atom is 0.323 e. The number of Topliss-reactive ketones (excluding diaryl/α,β-unsaturated/α-hetero) is 1. The number of carbonyl (C=O) groups is 4. The maximum absolute atomic E-state index is 14.4. The van der Waals surface area contributed by atoms with E-state index in [1.165, 1.54) is 37.7 Å². The fourth-order valence-electron chi connectivity index (χ4n) is 9.68. The first-order valence-electron chi connectivity index (χ1n) is 22.7. The van der Waals surface area contributed by atoms with Crippen LogP contribution in [0.4, 0.5) is 0 Å². The highest BCUT2D eigenvalue weighted by molar-refractivity contribution is 6.24. The fourth-order valence-corrected chi connectivity index (χ4v) is 9.68. The summed E-state index contributed by atoms with van der Waals surface area (Å²) in [5.74, 6) is -2.44. The minimum absolute atomic E-state index is 0.0572. The number of esters is 2. The third-order valence-electron chi connectivity index (χ3n) is 13.8. The van der Waals surface area contributed by atoms with Crippen molar-refractivity contribution < 1.29 is 33.8 Å². The standard InChI is InChI=1S/C51H65N4O8/c1-10-28(4)15-13-16-29(5)17-14-18-30(6)21-22-62-44(58)20-19-36-31(7)39-24-42-32(8)34(11-2)43(55(42)61)25-41-37(26-56)35(12-3)40(52-41)23-38-33(9)45-49(54-38)46(48(36)53-39)47(50(45)59)51(60)63-27-57/h11,21,23-26,28-29,31,36,47,52-54,57H,2,10,12-20,22,27H2,1,3-9H3/q-1/b30-21+,39-24-,40-23+,41-25-,48-46-/t28-,29+,31+,36+,47-/m1/s1. The quantitative estimate of drug-likeness (QED) is 0.0303. The molecule has 8 bridgehead atoms. The number of fused-ring (bicyclic) bond motifs is 7. The number of hydrogen-bond donors (Lipinski definition) is 4. The first kappa shape index (κ1) is 46.9. The van der Waals surface area contributed by atoms with Crippen LogP contribution >= 0.6 is 0 Å². The van der Waals surface area contributed by atoms with Gasteiger partial charge >= 0.3 is 11.9 Å². The van der Waals surface area contributed by atoms with Crippen molar-refractivity contribution in [3.05, 3.63) is 102 Å². The van der Waals surface area contributed by atoms with Gasteiger partial charge in [0.2, 0.25) is 0 Å². The van der Waals surface area contributed by atoms with Crippen molar-refractivity contribution in [2.75, 3.05) is 13.4 Å². The van der Waals surface area contributed by atoms with E-state index in [0.29, 0.717) is 97.0 Å². The number of carbonyl (C=O) groups excluding carboxylic acids is 4. The second kappa shape index (κ2) is 20.3. The Morgan fingerprint density at radius 3 is 2.38 bits per heavy atom. The van der Waals surface area contributed by atoms with Crippen LogP contribution in [0.2, 0.25) is 0 Å². The lowest BCUT2D eigenvalue weighted by Gasteiger charge is -2.20. The lowest BCUT2D eigenvalue weighted by atomic mass is 9.85. The topological polar surface area (TPSA) is 179 Å². The molecule has 5 heterocycles. The summed E-state index contributed by atoms with van der Waals surface area (Å²) in [6.07, 6.45) is 18.8. The Morgan fingerprint density at radius 2 is 1.70 bits per heavy atom. The number of allylic oxidation sites excluding steroid dienone is 3. The van der Waals surface area contributed by atoms with Gasteiger partial charge in [-0.1, -0.05) is 85.0 Å². The normalized spacial score (nSPS) is 22.0. The Bertz CT molecular complexity index is 2490. The molecule has 0 aromatic carbocycles. The summed E-state index contributed by atoms with van der Waals surface area (Å²) in [6, 6.07) is 0. The molecule has 0 radical (unpaired) electrons. The summed E-state index contributed by atoms with van der Waals surface area (Å²) >= 11 is 0. The molecule has 0 amide bonds. The molecular formula is C51H65N4O8-. The van der Waals surface area contributed by atoms with Gasteiger partial charge in [-0.3, -0.25) is 19.2 Å². The minimum atomic E-state index is -1.40. The number of ketones is 1. The summed E-state index contributed by atoms with van der Waals surface area (Å²) < 4.78 is 11.6. The molecule has 3 aromatic heterocycles. The molecule has 3 aromatic rings. The predicted octanol–water partition coefficient (Wildman–Crippen LogP) is 8.30. The van der Waals surface area contributed by atoms with E-state index in [1.54, 1.807) is 25.2 Å². The van der Waals surface area contributed by atoms with Crippen LogP contribution in [0.1, 0.15) is 165 Å². The average Bonchev–Trinajstić information content (AvgIpc) is 3.99. The molecule has 1 saturated heterocycles. The summed E-state index contributed by atoms with van der Waals surface area (Å²) in [5.41, 5.74) is 7.70. The van der Waals surface area contributed by atoms with E-state index in [0.717, 1.165) is 35.3 Å². The molecule has 2 aliphatic heterocycles. The summed E-state index contributed by atoms with van der Waals surface area (Å²) in [5, 5.41) is 28.5. The van der Waals surface area contributed by atoms with Crippen LogP contribution < -0.4 is 16.0 Å². The molecule has 1 fully saturated rings. The predicted molar refractivity (Wildman–Crippen MR) is 247 cm³/mol. The lowest BCUT2D eigenvalue weighted by Crippen LogP contribution is -2.26. The highest BCUT2D eigenvalue weighted by Crippen LogP contribution is 2.48. The van der Waals surface area contributed by atoms with Gasteiger partial charge in [-0.25, -0.2) is 0 Å². The molecule has 4 N–H and O–H groups in total. The Labute approximate surface area is 370 Å². The van der Waals surface area contributed by atoms with Crippen molar-refractivity contribution in [3.8, 4) is 0 Å². The third-order valence-corrected chi connectivity index (χ3v) is 13.8. The van der Waals surface area contributed by atoms with Crippen molar-refractivity contribution in [2.45, 2.75) is 120 Å². The van der Waals surface area contributed by atoms with Crippen LogP contribution in [0.25, 0.3) is 29.9 Å². The van der Waals surface area contributed by atoms with Crippen molar-refractivity contribution in [1.29, 1.82) is 0 Å². The van der Waals surface area contributed by atoms with Gasteiger partial charge in [0, 0.05) is 74.3 Å². The number of nitrogens with zero attached hydrogens (tertiary/aromatic N) is 1. The number of ether oxygens (including phenoxy) is 2. The maximum atomic E-state index is 14.4. The fraction of sp³-hybridized carbons (Fsp3) is 0.490. The summed E-state index contributed by atoms with van der Waals surface area (Å²) in [6.45, 7) is 19.8. The Balaban J connectivity index is 1.36. The zero-order valence-electron chi connectivity index (χ0n) is 38.3. The van der Waals surface area contributed by atoms with Crippen LogP contribution in [0.5, 0.6) is 0 Å². The number of aromatic nitrogens is 3. The van der Waals surface area contributed by atoms with Gasteiger partial charge in [-0.2, -0.15) is 0 Å². The zero-order valence-corrected chi connectivity index (χ0v) is 38.3. The van der Waals surface area contributed by atoms with Gasteiger partial charge in [0.15, 0.2) is 18.9 Å². The number of aldehydes is 1. The molecule has 3 aliphatic rings. The van der Waals surface area contributed by atoms with Crippen molar-refractivity contribution in [2.24, 2.45) is 29.6 Å². The second-order valence-corrected chi connectivity index (χ2v) is 17.9. The number of aliphatic hydroxyl groups is 1. The molecule has 0 unspecified atom stereocenters. The van der Waals surface area contributed by atoms with Crippen LogP contribution in [0.15, 0.2) is 29.6 Å². The molecule has 12 nitrogen and oxygen atoms in total. The van der Waals surface area contributed by atoms with Crippen molar-refractivity contribution in [1.82, 2.24) is 20.0 Å². The number of aromatic amines is 2. The smallest absolute Gasteiger partial charge is 0.323 e. The summed E-state index contributed by atoms with van der Waals surface area (Å²) in [4.78, 5) is 60.9. The average molecular weight is 862 g/mol. The van der Waals surface area contributed by atoms with Gasteiger partial charge in [-0.05, 0) is 99.3 Å². The second-order valence-electron chi connectivity index (χ2n) is 17.9. The number of H-pyrrole nitrogens is 2. The highest BCUT2D eigenvalue weighted by atomic mass is 16.6. The highest BCUT2D eigenvalue weighted by Gasteiger charge is 2.48. The van der Waals surface area contributed by atoms with Crippen LogP contribution in [-0.2, 0) is 25.5 Å². The monoisotopic (exact) mass is 861 g/mol. The van der Waals surface area contributed by atoms with Crippen molar-refractivity contribution >= 4 is 53.9 Å². The largest absolute Gasteiger partial charge is 0.805 e. The number of aliphatic hydroxyl groups excluding tert-OH is 1. The van der Waals surface area contributed by atoms with E-state index in [-0.39, 0.29) is 24.9 Å². The number of hydrogen-bond acceptors (Lipinski definition) is 9. The number of nitrogens with one attached hydrogen (secondary N) is 3. The molecular weight excluding hydrogens is 797 g/mol. The lowest BCUT2D eigenvalue weighted by molar-refractivity contribution is -0.153. The Hall–Kier alpha value is -5.62. The van der Waals surface area contributed by atoms with Crippen LogP contribution in [0.3, 0.4) is 0 Å². The van der Waals surface area contributed by atoms with Crippen LogP contribution in [0, 0.1) is 48.6 Å². The van der Waals surface area contributed by atoms with E-state index in [2.05, 4.69) is 49.6 Å². The molecule has 338 valence electrons. The van der Waals surface area contributed by atoms with E-state index in [4.69, 9.17) is 9.47 Å². The molecule has 5 atom stereocenters. The van der Waals surface area contributed by atoms with E-state index in [9.17, 15) is 29.5 Å². The van der Waals surface area contributed by atoms with Gasteiger partial charge in [0.1, 0.15) is 12.5 Å². The SMILES string of the molecule is C=Cc1c(C)c2n([O-])c1/C=c1\[nH]/c(c(CC)c1C=O)=C/c1[nH]c3c(c1C)C(=O)[C@H](C(=O)OCO)/C3=C1/N/C(=C\2)[C@@H](C)[C@@H]1CCC(=O)OC/C=C(\C)CCC[C@@H](C)CCC[C@H](C)CC. The van der Waals surface area contributed by atoms with Crippen LogP contribution in [-0.4, -0.2) is 57.2 Å².